The molecule has 3 heteroatoms. The fraction of sp³-hybridized carbons (Fsp3) is 0.647. The van der Waals surface area contributed by atoms with Gasteiger partial charge in [-0.3, -0.25) is 4.90 Å². The van der Waals surface area contributed by atoms with Crippen LogP contribution in [0.15, 0.2) is 24.3 Å². The Labute approximate surface area is 122 Å². The van der Waals surface area contributed by atoms with Crippen LogP contribution in [0.5, 0.6) is 0 Å². The summed E-state index contributed by atoms with van der Waals surface area (Å²) in [4.78, 5) is 5.08. The van der Waals surface area contributed by atoms with Crippen molar-refractivity contribution in [3.8, 4) is 0 Å². The van der Waals surface area contributed by atoms with Crippen LogP contribution in [-0.2, 0) is 0 Å². The Morgan fingerprint density at radius 1 is 1.10 bits per heavy atom. The highest BCUT2D eigenvalue weighted by Crippen LogP contribution is 2.30. The number of piperazine rings is 1. The van der Waals surface area contributed by atoms with E-state index < -0.39 is 0 Å². The topological polar surface area (TPSA) is 26.7 Å². The molecule has 3 rings (SSSR count). The number of hydrogen-bond acceptors (Lipinski definition) is 3. The van der Waals surface area contributed by atoms with E-state index in [-0.39, 0.29) is 6.10 Å². The van der Waals surface area contributed by atoms with E-state index in [1.54, 1.807) is 0 Å². The second kappa shape index (κ2) is 6.15. The van der Waals surface area contributed by atoms with E-state index >= 15 is 0 Å². The lowest BCUT2D eigenvalue weighted by Gasteiger charge is -2.36. The summed E-state index contributed by atoms with van der Waals surface area (Å²) in [5.74, 6) is 0.997. The molecule has 0 unspecified atom stereocenters. The first kappa shape index (κ1) is 13.9. The van der Waals surface area contributed by atoms with Gasteiger partial charge in [-0.1, -0.05) is 19.1 Å². The van der Waals surface area contributed by atoms with Gasteiger partial charge in [0.25, 0.3) is 0 Å². The van der Waals surface area contributed by atoms with Crippen LogP contribution in [0.2, 0.25) is 0 Å². The maximum atomic E-state index is 9.83. The molecule has 1 saturated heterocycles. The first-order valence-corrected chi connectivity index (χ1v) is 8.01. The van der Waals surface area contributed by atoms with E-state index in [4.69, 9.17) is 0 Å². The van der Waals surface area contributed by atoms with Gasteiger partial charge in [0.2, 0.25) is 0 Å². The number of hydrogen-bond donors (Lipinski definition) is 1. The van der Waals surface area contributed by atoms with E-state index in [1.165, 1.54) is 38.2 Å². The average molecular weight is 274 g/mol. The largest absolute Gasteiger partial charge is 0.388 e. The Morgan fingerprint density at radius 2 is 1.75 bits per heavy atom. The molecule has 3 nitrogen and oxygen atoms in total. The maximum Gasteiger partial charge on any atom is 0.0787 e. The van der Waals surface area contributed by atoms with Crippen molar-refractivity contribution in [3.63, 3.8) is 0 Å². The third-order valence-electron chi connectivity index (χ3n) is 4.62. The van der Waals surface area contributed by atoms with Crippen molar-refractivity contribution in [2.45, 2.75) is 32.3 Å². The number of aliphatic hydroxyl groups excluding tert-OH is 1. The van der Waals surface area contributed by atoms with E-state index in [2.05, 4.69) is 34.1 Å². The molecule has 0 radical (unpaired) electrons. The summed E-state index contributed by atoms with van der Waals surface area (Å²) in [6.07, 6.45) is 3.35. The highest BCUT2D eigenvalue weighted by Gasteiger charge is 2.26. The molecule has 0 spiro atoms. The normalized spacial score (nSPS) is 22.0. The van der Waals surface area contributed by atoms with Gasteiger partial charge < -0.3 is 10.0 Å². The van der Waals surface area contributed by atoms with Gasteiger partial charge in [0.1, 0.15) is 0 Å². The molecule has 1 saturated carbocycles. The molecule has 110 valence electrons. The monoisotopic (exact) mass is 274 g/mol. The second-order valence-corrected chi connectivity index (χ2v) is 6.25. The molecule has 1 aromatic carbocycles. The van der Waals surface area contributed by atoms with Crippen LogP contribution >= 0.6 is 0 Å². The molecule has 0 aromatic heterocycles. The van der Waals surface area contributed by atoms with Gasteiger partial charge in [-0.15, -0.1) is 0 Å². The average Bonchev–Trinajstić information content (AvgIpc) is 3.31. The molecule has 1 heterocycles. The van der Waals surface area contributed by atoms with Gasteiger partial charge >= 0.3 is 0 Å². The Hall–Kier alpha value is -1.06. The molecule has 1 N–H and O–H groups in total. The molecule has 1 atom stereocenters. The zero-order chi connectivity index (χ0) is 13.9. The summed E-state index contributed by atoms with van der Waals surface area (Å²) < 4.78 is 0. The fourth-order valence-electron chi connectivity index (χ4n) is 3.00. The van der Waals surface area contributed by atoms with Crippen LogP contribution in [0.3, 0.4) is 0 Å². The molecule has 1 aliphatic heterocycles. The van der Waals surface area contributed by atoms with Crippen LogP contribution in [0.25, 0.3) is 0 Å². The van der Waals surface area contributed by atoms with Gasteiger partial charge in [0.15, 0.2) is 0 Å². The van der Waals surface area contributed by atoms with Gasteiger partial charge in [-0.05, 0) is 42.9 Å². The Kier molecular flexibility index (Phi) is 4.27. The molecular formula is C17H26N2O. The summed E-state index contributed by atoms with van der Waals surface area (Å²) >= 11 is 0. The molecule has 20 heavy (non-hydrogen) atoms. The van der Waals surface area contributed by atoms with Crippen LogP contribution in [0.4, 0.5) is 5.69 Å². The minimum absolute atomic E-state index is 0.320. The summed E-state index contributed by atoms with van der Waals surface area (Å²) in [7, 11) is 0. The Morgan fingerprint density at radius 3 is 2.30 bits per heavy atom. The number of benzene rings is 1. The minimum Gasteiger partial charge on any atom is -0.388 e. The summed E-state index contributed by atoms with van der Waals surface area (Å²) in [6.45, 7) is 7.96. The van der Waals surface area contributed by atoms with E-state index in [1.807, 2.05) is 6.92 Å². The molecule has 1 aromatic rings. The highest BCUT2D eigenvalue weighted by molar-refractivity contribution is 5.48. The predicted octanol–water partition coefficient (Wildman–Crippen LogP) is 2.66. The SMILES string of the molecule is CC[C@H](O)c1ccc(N2CCN(CC3CC3)CC2)cc1. The number of anilines is 1. The predicted molar refractivity (Wildman–Crippen MR) is 83.1 cm³/mol. The smallest absolute Gasteiger partial charge is 0.0787 e. The molecular weight excluding hydrogens is 248 g/mol. The number of rotatable bonds is 5. The fourth-order valence-corrected chi connectivity index (χ4v) is 3.00. The number of aliphatic hydroxyl groups is 1. The third kappa shape index (κ3) is 3.33. The second-order valence-electron chi connectivity index (χ2n) is 6.25. The van der Waals surface area contributed by atoms with Gasteiger partial charge in [0, 0.05) is 38.4 Å². The maximum absolute atomic E-state index is 9.83. The first-order valence-electron chi connectivity index (χ1n) is 8.01. The summed E-state index contributed by atoms with van der Waals surface area (Å²) in [5, 5.41) is 9.83. The zero-order valence-electron chi connectivity index (χ0n) is 12.5. The van der Waals surface area contributed by atoms with Gasteiger partial charge in [-0.2, -0.15) is 0 Å². The number of nitrogens with zero attached hydrogens (tertiary/aromatic N) is 2. The third-order valence-corrected chi connectivity index (χ3v) is 4.62. The summed E-state index contributed by atoms with van der Waals surface area (Å²) in [6, 6.07) is 8.45. The molecule has 2 aliphatic rings. The van der Waals surface area contributed by atoms with Crippen molar-refractivity contribution in [2.24, 2.45) is 5.92 Å². The van der Waals surface area contributed by atoms with Gasteiger partial charge in [-0.25, -0.2) is 0 Å². The van der Waals surface area contributed by atoms with Crippen molar-refractivity contribution in [3.05, 3.63) is 29.8 Å². The van der Waals surface area contributed by atoms with Crippen LogP contribution < -0.4 is 4.90 Å². The van der Waals surface area contributed by atoms with Crippen molar-refractivity contribution >= 4 is 5.69 Å². The van der Waals surface area contributed by atoms with Gasteiger partial charge in [0.05, 0.1) is 6.10 Å². The Balaban J connectivity index is 1.54. The standard InChI is InChI=1S/C17H26N2O/c1-2-17(20)15-5-7-16(8-6-15)19-11-9-18(10-12-19)13-14-3-4-14/h5-8,14,17,20H,2-4,9-13H2,1H3/t17-/m0/s1. The molecule has 1 aliphatic carbocycles. The van der Waals surface area contributed by atoms with Crippen LogP contribution in [0.1, 0.15) is 37.9 Å². The molecule has 0 bridgehead atoms. The quantitative estimate of drug-likeness (QED) is 0.894. The summed E-state index contributed by atoms with van der Waals surface area (Å²) in [5.41, 5.74) is 2.33. The lowest BCUT2D eigenvalue weighted by Crippen LogP contribution is -2.47. The minimum atomic E-state index is -0.320. The Bertz CT molecular complexity index is 419. The van der Waals surface area contributed by atoms with Crippen LogP contribution in [0, 0.1) is 5.92 Å². The van der Waals surface area contributed by atoms with E-state index in [0.29, 0.717) is 0 Å². The first-order chi connectivity index (χ1) is 9.76. The van der Waals surface area contributed by atoms with Crippen LogP contribution in [-0.4, -0.2) is 42.7 Å². The van der Waals surface area contributed by atoms with Crippen molar-refractivity contribution in [1.82, 2.24) is 4.90 Å². The van der Waals surface area contributed by atoms with Crippen molar-refractivity contribution in [2.75, 3.05) is 37.6 Å². The molecule has 0 amide bonds. The van der Waals surface area contributed by atoms with Crippen molar-refractivity contribution in [1.29, 1.82) is 0 Å². The van der Waals surface area contributed by atoms with E-state index in [9.17, 15) is 5.11 Å². The van der Waals surface area contributed by atoms with E-state index in [0.717, 1.165) is 31.0 Å². The highest BCUT2D eigenvalue weighted by atomic mass is 16.3. The lowest BCUT2D eigenvalue weighted by atomic mass is 10.1. The lowest BCUT2D eigenvalue weighted by molar-refractivity contribution is 0.173. The zero-order valence-corrected chi connectivity index (χ0v) is 12.5. The van der Waals surface area contributed by atoms with Crippen molar-refractivity contribution < 1.29 is 5.11 Å². The molecule has 2 fully saturated rings.